The van der Waals surface area contributed by atoms with Crippen molar-refractivity contribution in [1.82, 2.24) is 0 Å². The Hall–Kier alpha value is -1.58. The molecule has 27 heavy (non-hydrogen) atoms. The molecule has 148 valence electrons. The van der Waals surface area contributed by atoms with E-state index in [-0.39, 0.29) is 18.1 Å². The van der Waals surface area contributed by atoms with E-state index < -0.39 is 21.5 Å². The Kier molecular flexibility index (Phi) is 8.12. The smallest absolute Gasteiger partial charge is 0.296 e. The highest BCUT2D eigenvalue weighted by atomic mass is 32.2. The summed E-state index contributed by atoms with van der Waals surface area (Å²) in [6, 6.07) is 12.8. The SMILES string of the molecule is Cc1ccc(-c2cc(S(=O)(=O)OCCCCCOS(=O)[O-])ccc2C)cc1. The van der Waals surface area contributed by atoms with Gasteiger partial charge in [-0.3, -0.25) is 4.18 Å². The van der Waals surface area contributed by atoms with Crippen molar-refractivity contribution in [2.24, 2.45) is 0 Å². The number of benzene rings is 2. The molecule has 1 atom stereocenters. The molecule has 0 aromatic heterocycles. The summed E-state index contributed by atoms with van der Waals surface area (Å²) < 4.78 is 54.8. The normalized spacial score (nSPS) is 12.9. The maximum atomic E-state index is 12.4. The molecule has 0 aliphatic heterocycles. The first-order valence-corrected chi connectivity index (χ1v) is 11.0. The minimum absolute atomic E-state index is 0.0382. The number of unbranched alkanes of at least 4 members (excludes halogenated alkanes) is 2. The Morgan fingerprint density at radius 2 is 1.63 bits per heavy atom. The van der Waals surface area contributed by atoms with Crippen LogP contribution in [0.1, 0.15) is 30.4 Å². The van der Waals surface area contributed by atoms with Crippen molar-refractivity contribution < 1.29 is 25.5 Å². The van der Waals surface area contributed by atoms with Gasteiger partial charge in [-0.05, 0) is 61.9 Å². The van der Waals surface area contributed by atoms with Crippen molar-refractivity contribution in [2.75, 3.05) is 13.2 Å². The third kappa shape index (κ3) is 6.82. The van der Waals surface area contributed by atoms with Gasteiger partial charge in [-0.1, -0.05) is 35.9 Å². The summed E-state index contributed by atoms with van der Waals surface area (Å²) in [5, 5.41) is 0. The molecule has 0 saturated heterocycles. The molecule has 8 heteroatoms. The Balaban J connectivity index is 1.98. The summed E-state index contributed by atoms with van der Waals surface area (Å²) in [5.41, 5.74) is 3.91. The summed E-state index contributed by atoms with van der Waals surface area (Å²) >= 11 is -2.51. The average Bonchev–Trinajstić information content (AvgIpc) is 2.61. The van der Waals surface area contributed by atoms with Crippen LogP contribution in [0.15, 0.2) is 47.4 Å². The predicted octanol–water partition coefficient (Wildman–Crippen LogP) is 3.66. The van der Waals surface area contributed by atoms with Gasteiger partial charge < -0.3 is 8.74 Å². The molecule has 0 N–H and O–H groups in total. The second-order valence-electron chi connectivity index (χ2n) is 6.21. The molecular formula is C19H23O6S2-. The zero-order valence-corrected chi connectivity index (χ0v) is 17.0. The third-order valence-electron chi connectivity index (χ3n) is 4.07. The molecule has 2 aromatic carbocycles. The number of aryl methyl sites for hydroxylation is 2. The molecule has 0 radical (unpaired) electrons. The molecule has 0 heterocycles. The second-order valence-corrected chi connectivity index (χ2v) is 8.46. The fourth-order valence-electron chi connectivity index (χ4n) is 2.55. The van der Waals surface area contributed by atoms with Gasteiger partial charge >= 0.3 is 0 Å². The van der Waals surface area contributed by atoms with Crippen LogP contribution in [0.4, 0.5) is 0 Å². The molecule has 2 aromatic rings. The maximum absolute atomic E-state index is 12.4. The van der Waals surface area contributed by atoms with E-state index in [4.69, 9.17) is 4.18 Å². The topological polar surface area (TPSA) is 92.7 Å². The highest BCUT2D eigenvalue weighted by Gasteiger charge is 2.17. The predicted molar refractivity (Wildman–Crippen MR) is 103 cm³/mol. The van der Waals surface area contributed by atoms with Gasteiger partial charge in [-0.2, -0.15) is 8.42 Å². The van der Waals surface area contributed by atoms with Gasteiger partial charge in [-0.25, -0.2) is 4.21 Å². The molecule has 0 aliphatic rings. The van der Waals surface area contributed by atoms with Gasteiger partial charge in [0.15, 0.2) is 0 Å². The third-order valence-corrected chi connectivity index (χ3v) is 5.73. The van der Waals surface area contributed by atoms with Crippen LogP contribution in [0.5, 0.6) is 0 Å². The maximum Gasteiger partial charge on any atom is 0.296 e. The molecule has 0 amide bonds. The van der Waals surface area contributed by atoms with Crippen molar-refractivity contribution in [3.05, 3.63) is 53.6 Å². The van der Waals surface area contributed by atoms with Crippen LogP contribution in [0.25, 0.3) is 11.1 Å². The summed E-state index contributed by atoms with van der Waals surface area (Å²) in [4.78, 5) is 0.119. The van der Waals surface area contributed by atoms with Crippen LogP contribution in [0.2, 0.25) is 0 Å². The lowest BCUT2D eigenvalue weighted by Gasteiger charge is -2.11. The summed E-state index contributed by atoms with van der Waals surface area (Å²) in [6.07, 6.45) is 1.61. The van der Waals surface area contributed by atoms with Crippen molar-refractivity contribution >= 4 is 21.5 Å². The lowest BCUT2D eigenvalue weighted by Crippen LogP contribution is -2.08. The van der Waals surface area contributed by atoms with E-state index >= 15 is 0 Å². The fourth-order valence-corrected chi connectivity index (χ4v) is 3.77. The van der Waals surface area contributed by atoms with Crippen LogP contribution in [0, 0.1) is 13.8 Å². The second kappa shape index (κ2) is 10.1. The number of hydrogen-bond donors (Lipinski definition) is 0. The van der Waals surface area contributed by atoms with Gasteiger partial charge in [0.25, 0.3) is 10.1 Å². The van der Waals surface area contributed by atoms with E-state index in [0.717, 1.165) is 22.3 Å². The summed E-state index contributed by atoms with van der Waals surface area (Å²) in [6.45, 7) is 4.05. The number of hydrogen-bond acceptors (Lipinski definition) is 6. The summed E-state index contributed by atoms with van der Waals surface area (Å²) in [5.74, 6) is 0. The van der Waals surface area contributed by atoms with E-state index in [1.165, 1.54) is 0 Å². The Labute approximate surface area is 163 Å². The lowest BCUT2D eigenvalue weighted by atomic mass is 10.00. The van der Waals surface area contributed by atoms with E-state index in [2.05, 4.69) is 4.18 Å². The van der Waals surface area contributed by atoms with E-state index in [9.17, 15) is 17.2 Å². The van der Waals surface area contributed by atoms with Crippen molar-refractivity contribution in [1.29, 1.82) is 0 Å². The van der Waals surface area contributed by atoms with E-state index in [1.54, 1.807) is 18.2 Å². The van der Waals surface area contributed by atoms with Crippen molar-refractivity contribution in [3.63, 3.8) is 0 Å². The molecule has 0 saturated carbocycles. The van der Waals surface area contributed by atoms with Crippen molar-refractivity contribution in [2.45, 2.75) is 38.0 Å². The van der Waals surface area contributed by atoms with Gasteiger partial charge in [0.1, 0.15) is 0 Å². The van der Waals surface area contributed by atoms with Crippen LogP contribution in [-0.2, 0) is 29.8 Å². The van der Waals surface area contributed by atoms with E-state index in [0.29, 0.717) is 19.3 Å². The van der Waals surface area contributed by atoms with Crippen molar-refractivity contribution in [3.8, 4) is 11.1 Å². The fraction of sp³-hybridized carbons (Fsp3) is 0.368. The molecule has 0 bridgehead atoms. The molecule has 0 fully saturated rings. The Bertz CT molecular complexity index is 876. The first-order chi connectivity index (χ1) is 12.8. The van der Waals surface area contributed by atoms with Gasteiger partial charge in [-0.15, -0.1) is 0 Å². The van der Waals surface area contributed by atoms with Gasteiger partial charge in [0.05, 0.1) is 29.5 Å². The quantitative estimate of drug-likeness (QED) is 0.336. The molecule has 6 nitrogen and oxygen atoms in total. The molecular weight excluding hydrogens is 388 g/mol. The lowest BCUT2D eigenvalue weighted by molar-refractivity contribution is 0.276. The molecule has 0 spiro atoms. The van der Waals surface area contributed by atoms with E-state index in [1.807, 2.05) is 38.1 Å². The van der Waals surface area contributed by atoms with Gasteiger partial charge in [0, 0.05) is 0 Å². The zero-order valence-electron chi connectivity index (χ0n) is 15.3. The van der Waals surface area contributed by atoms with Crippen LogP contribution in [0.3, 0.4) is 0 Å². The molecule has 0 aliphatic carbocycles. The first kappa shape index (κ1) is 21.7. The Morgan fingerprint density at radius 1 is 0.963 bits per heavy atom. The highest BCUT2D eigenvalue weighted by Crippen LogP contribution is 2.27. The van der Waals surface area contributed by atoms with Crippen LogP contribution < -0.4 is 0 Å². The van der Waals surface area contributed by atoms with Crippen LogP contribution in [-0.4, -0.2) is 30.4 Å². The summed E-state index contributed by atoms with van der Waals surface area (Å²) in [7, 11) is -3.85. The molecule has 1 unspecified atom stereocenters. The minimum Gasteiger partial charge on any atom is -0.750 e. The Morgan fingerprint density at radius 3 is 2.30 bits per heavy atom. The zero-order chi connectivity index (χ0) is 19.9. The molecule has 2 rings (SSSR count). The largest absolute Gasteiger partial charge is 0.750 e. The van der Waals surface area contributed by atoms with Gasteiger partial charge in [0.2, 0.25) is 0 Å². The monoisotopic (exact) mass is 411 g/mol. The number of rotatable bonds is 10. The first-order valence-electron chi connectivity index (χ1n) is 8.59. The van der Waals surface area contributed by atoms with Crippen LogP contribution >= 0.6 is 0 Å². The standard InChI is InChI=1S/C19H24O6S2/c1-15-6-9-17(10-7-15)19-14-18(11-8-16(19)2)27(22,23)25-13-5-3-4-12-24-26(20)21/h6-11,14H,3-5,12-13H2,1-2H3,(H,20,21)/p-1. The minimum atomic E-state index is -3.85. The average molecular weight is 412 g/mol. The highest BCUT2D eigenvalue weighted by molar-refractivity contribution is 7.86.